The molecule has 0 saturated carbocycles. The van der Waals surface area contributed by atoms with Gasteiger partial charge >= 0.3 is 0 Å². The second kappa shape index (κ2) is 8.65. The quantitative estimate of drug-likeness (QED) is 0.725. The van der Waals surface area contributed by atoms with E-state index in [1.54, 1.807) is 19.1 Å². The second-order valence-corrected chi connectivity index (χ2v) is 9.39. The standard InChI is InChI=1S/C21H24ClN3O4S/c1-4-24(5-2)17-9-7-16(8-10-17)23-20(26)15-6-11-18(22)19(12-15)25-21(27)14(3)13-30(25,28)29/h6-12,14H,4-5,13H2,1-3H3,(H,23,26). The lowest BCUT2D eigenvalue weighted by Gasteiger charge is -2.21. The zero-order valence-electron chi connectivity index (χ0n) is 17.1. The van der Waals surface area contributed by atoms with Crippen LogP contribution in [0.4, 0.5) is 17.1 Å². The normalized spacial score (nSPS) is 17.8. The summed E-state index contributed by atoms with van der Waals surface area (Å²) in [6, 6.07) is 11.7. The van der Waals surface area contributed by atoms with Crippen molar-refractivity contribution >= 4 is 50.5 Å². The van der Waals surface area contributed by atoms with E-state index < -0.39 is 27.8 Å². The van der Waals surface area contributed by atoms with Gasteiger partial charge in [0.2, 0.25) is 15.9 Å². The molecule has 2 aromatic carbocycles. The maximum atomic E-state index is 12.7. The summed E-state index contributed by atoms with van der Waals surface area (Å²) in [5.41, 5.74) is 1.85. The predicted octanol–water partition coefficient (Wildman–Crippen LogP) is 3.75. The van der Waals surface area contributed by atoms with Gasteiger partial charge in [0.25, 0.3) is 5.91 Å². The number of sulfonamides is 1. The molecule has 1 N–H and O–H groups in total. The minimum Gasteiger partial charge on any atom is -0.372 e. The highest BCUT2D eigenvalue weighted by atomic mass is 35.5. The fourth-order valence-electron chi connectivity index (χ4n) is 3.42. The maximum absolute atomic E-state index is 12.7. The number of hydrogen-bond donors (Lipinski definition) is 1. The number of nitrogens with zero attached hydrogens (tertiary/aromatic N) is 2. The molecule has 1 aliphatic rings. The van der Waals surface area contributed by atoms with E-state index in [2.05, 4.69) is 24.1 Å². The van der Waals surface area contributed by atoms with E-state index in [4.69, 9.17) is 11.6 Å². The van der Waals surface area contributed by atoms with Crippen molar-refractivity contribution in [1.82, 2.24) is 0 Å². The fraction of sp³-hybridized carbons (Fsp3) is 0.333. The average Bonchev–Trinajstić information content (AvgIpc) is 2.91. The van der Waals surface area contributed by atoms with Crippen molar-refractivity contribution in [2.45, 2.75) is 20.8 Å². The molecule has 1 heterocycles. The fourth-order valence-corrected chi connectivity index (χ4v) is 5.51. The molecule has 0 aromatic heterocycles. The molecule has 7 nitrogen and oxygen atoms in total. The molecule has 0 bridgehead atoms. The van der Waals surface area contributed by atoms with Crippen LogP contribution in [-0.2, 0) is 14.8 Å². The highest BCUT2D eigenvalue weighted by molar-refractivity contribution is 7.94. The van der Waals surface area contributed by atoms with Crippen molar-refractivity contribution in [3.05, 3.63) is 53.1 Å². The topological polar surface area (TPSA) is 86.8 Å². The lowest BCUT2D eigenvalue weighted by molar-refractivity contribution is -0.119. The van der Waals surface area contributed by atoms with Crippen molar-refractivity contribution in [3.63, 3.8) is 0 Å². The molecule has 160 valence electrons. The van der Waals surface area contributed by atoms with Crippen molar-refractivity contribution in [2.75, 3.05) is 33.4 Å². The Hall–Kier alpha value is -2.58. The third-order valence-electron chi connectivity index (χ3n) is 5.04. The predicted molar refractivity (Wildman–Crippen MR) is 120 cm³/mol. The summed E-state index contributed by atoms with van der Waals surface area (Å²) in [4.78, 5) is 27.3. The van der Waals surface area contributed by atoms with Crippen molar-refractivity contribution < 1.29 is 18.0 Å². The summed E-state index contributed by atoms with van der Waals surface area (Å²) in [6.45, 7) is 7.46. The Kier molecular flexibility index (Phi) is 6.38. The molecule has 3 rings (SSSR count). The van der Waals surface area contributed by atoms with Crippen LogP contribution < -0.4 is 14.5 Å². The number of anilines is 3. The lowest BCUT2D eigenvalue weighted by Crippen LogP contribution is -2.30. The summed E-state index contributed by atoms with van der Waals surface area (Å²) in [5.74, 6) is -1.92. The highest BCUT2D eigenvalue weighted by Crippen LogP contribution is 2.34. The van der Waals surface area contributed by atoms with Gasteiger partial charge in [0.1, 0.15) is 0 Å². The van der Waals surface area contributed by atoms with E-state index in [1.807, 2.05) is 12.1 Å². The van der Waals surface area contributed by atoms with E-state index in [-0.39, 0.29) is 22.0 Å². The number of nitrogens with one attached hydrogen (secondary N) is 1. The summed E-state index contributed by atoms with van der Waals surface area (Å²) in [6.07, 6.45) is 0. The molecule has 1 aliphatic heterocycles. The smallest absolute Gasteiger partial charge is 0.255 e. The average molecular weight is 450 g/mol. The molecule has 0 spiro atoms. The summed E-state index contributed by atoms with van der Waals surface area (Å²) < 4.78 is 25.5. The number of benzene rings is 2. The van der Waals surface area contributed by atoms with Crippen LogP contribution in [0.3, 0.4) is 0 Å². The van der Waals surface area contributed by atoms with Gasteiger partial charge < -0.3 is 10.2 Å². The van der Waals surface area contributed by atoms with Crippen molar-refractivity contribution in [3.8, 4) is 0 Å². The summed E-state index contributed by atoms with van der Waals surface area (Å²) in [5, 5.41) is 2.87. The number of carbonyl (C=O) groups excluding carboxylic acids is 2. The number of hydrogen-bond acceptors (Lipinski definition) is 5. The van der Waals surface area contributed by atoms with Gasteiger partial charge in [-0.25, -0.2) is 12.7 Å². The van der Waals surface area contributed by atoms with Gasteiger partial charge in [-0.1, -0.05) is 18.5 Å². The van der Waals surface area contributed by atoms with Gasteiger partial charge in [0, 0.05) is 30.0 Å². The van der Waals surface area contributed by atoms with E-state index in [1.165, 1.54) is 18.2 Å². The Morgan fingerprint density at radius 2 is 1.80 bits per heavy atom. The Balaban J connectivity index is 1.84. The molecule has 1 saturated heterocycles. The zero-order chi connectivity index (χ0) is 22.1. The number of halogens is 1. The molecule has 30 heavy (non-hydrogen) atoms. The van der Waals surface area contributed by atoms with Gasteiger partial charge in [0.15, 0.2) is 0 Å². The van der Waals surface area contributed by atoms with Crippen LogP contribution in [0.25, 0.3) is 0 Å². The first-order valence-electron chi connectivity index (χ1n) is 9.70. The molecule has 2 aromatic rings. The van der Waals surface area contributed by atoms with E-state index in [0.717, 1.165) is 18.8 Å². The molecule has 0 radical (unpaired) electrons. The minimum atomic E-state index is -3.82. The Bertz CT molecular complexity index is 1070. The van der Waals surface area contributed by atoms with Crippen LogP contribution in [0.1, 0.15) is 31.1 Å². The first-order valence-corrected chi connectivity index (χ1v) is 11.7. The van der Waals surface area contributed by atoms with Crippen LogP contribution in [0.15, 0.2) is 42.5 Å². The lowest BCUT2D eigenvalue weighted by atomic mass is 10.1. The Morgan fingerprint density at radius 1 is 1.17 bits per heavy atom. The van der Waals surface area contributed by atoms with Gasteiger partial charge in [-0.3, -0.25) is 9.59 Å². The van der Waals surface area contributed by atoms with Gasteiger partial charge in [0.05, 0.1) is 22.4 Å². The monoisotopic (exact) mass is 449 g/mol. The van der Waals surface area contributed by atoms with Crippen molar-refractivity contribution in [1.29, 1.82) is 0 Å². The van der Waals surface area contributed by atoms with Crippen LogP contribution in [-0.4, -0.2) is 39.1 Å². The van der Waals surface area contributed by atoms with Crippen LogP contribution in [0.5, 0.6) is 0 Å². The molecule has 2 amide bonds. The Labute approximate surface area is 181 Å². The van der Waals surface area contributed by atoms with E-state index in [9.17, 15) is 18.0 Å². The molecule has 0 aliphatic carbocycles. The molecular formula is C21H24ClN3O4S. The summed E-state index contributed by atoms with van der Waals surface area (Å²) >= 11 is 6.16. The molecule has 1 unspecified atom stereocenters. The third-order valence-corrected chi connectivity index (χ3v) is 7.22. The van der Waals surface area contributed by atoms with Crippen LogP contribution >= 0.6 is 11.6 Å². The largest absolute Gasteiger partial charge is 0.372 e. The first-order chi connectivity index (χ1) is 14.2. The van der Waals surface area contributed by atoms with Crippen molar-refractivity contribution in [2.24, 2.45) is 5.92 Å². The number of carbonyl (C=O) groups is 2. The molecule has 1 atom stereocenters. The first kappa shape index (κ1) is 22.1. The van der Waals surface area contributed by atoms with Crippen LogP contribution in [0.2, 0.25) is 5.02 Å². The zero-order valence-corrected chi connectivity index (χ0v) is 18.6. The SMILES string of the molecule is CCN(CC)c1ccc(NC(=O)c2ccc(Cl)c(N3C(=O)C(C)CS3(=O)=O)c2)cc1. The second-order valence-electron chi connectivity index (χ2n) is 7.12. The van der Waals surface area contributed by atoms with E-state index in [0.29, 0.717) is 9.99 Å². The minimum absolute atomic E-state index is 0.00412. The molecule has 1 fully saturated rings. The Morgan fingerprint density at radius 3 is 2.33 bits per heavy atom. The number of amides is 2. The van der Waals surface area contributed by atoms with Gasteiger partial charge in [-0.15, -0.1) is 0 Å². The number of rotatable bonds is 6. The summed E-state index contributed by atoms with van der Waals surface area (Å²) in [7, 11) is -3.82. The van der Waals surface area contributed by atoms with Gasteiger partial charge in [-0.2, -0.15) is 0 Å². The van der Waals surface area contributed by atoms with Gasteiger partial charge in [-0.05, 0) is 56.3 Å². The highest BCUT2D eigenvalue weighted by Gasteiger charge is 2.43. The molecular weight excluding hydrogens is 426 g/mol. The molecule has 9 heteroatoms. The van der Waals surface area contributed by atoms with Crippen LogP contribution in [0, 0.1) is 5.92 Å². The van der Waals surface area contributed by atoms with E-state index >= 15 is 0 Å². The maximum Gasteiger partial charge on any atom is 0.255 e. The third kappa shape index (κ3) is 4.29.